The zero-order valence-corrected chi connectivity index (χ0v) is 10.4. The van der Waals surface area contributed by atoms with E-state index in [0.29, 0.717) is 22.4 Å². The molecule has 0 fully saturated rings. The molecule has 3 rings (SSSR count). The van der Waals surface area contributed by atoms with Crippen LogP contribution >= 0.6 is 11.8 Å². The third-order valence-corrected chi connectivity index (χ3v) is 4.41. The van der Waals surface area contributed by atoms with Crippen molar-refractivity contribution < 1.29 is 14.4 Å². The minimum Gasteiger partial charge on any atom is -0.301 e. The first-order valence-electron chi connectivity index (χ1n) is 5.52. The van der Waals surface area contributed by atoms with Crippen molar-refractivity contribution >= 4 is 29.6 Å². The summed E-state index contributed by atoms with van der Waals surface area (Å²) in [6.45, 7) is 0. The van der Waals surface area contributed by atoms with E-state index in [-0.39, 0.29) is 0 Å². The second-order valence-electron chi connectivity index (χ2n) is 4.08. The number of Topliss-reactive ketones (excluding diaryl/α,β-unsaturated/α-hetero) is 2. The minimum absolute atomic E-state index is 0.320. The largest absolute Gasteiger partial charge is 0.301 e. The zero-order valence-electron chi connectivity index (χ0n) is 9.62. The molecule has 1 N–H and O–H groups in total. The number of ketones is 2. The second-order valence-corrected chi connectivity index (χ2v) is 5.37. The van der Waals surface area contributed by atoms with Crippen molar-refractivity contribution in [3.05, 3.63) is 47.8 Å². The molecule has 1 aliphatic heterocycles. The van der Waals surface area contributed by atoms with E-state index in [9.17, 15) is 14.4 Å². The van der Waals surface area contributed by atoms with E-state index >= 15 is 0 Å². The van der Waals surface area contributed by atoms with Gasteiger partial charge in [-0.1, -0.05) is 23.9 Å². The Morgan fingerprint density at radius 2 is 2.00 bits per heavy atom. The highest BCUT2D eigenvalue weighted by atomic mass is 32.2. The number of aromatic nitrogens is 2. The van der Waals surface area contributed by atoms with Gasteiger partial charge in [-0.3, -0.25) is 14.7 Å². The smallest absolute Gasteiger partial charge is 0.232 e. The highest BCUT2D eigenvalue weighted by Crippen LogP contribution is 2.45. The Kier molecular flexibility index (Phi) is 2.60. The molecule has 1 aromatic heterocycles. The lowest BCUT2D eigenvalue weighted by molar-refractivity contribution is -0.122. The van der Waals surface area contributed by atoms with Gasteiger partial charge in [-0.15, -0.1) is 0 Å². The van der Waals surface area contributed by atoms with Gasteiger partial charge in [0.05, 0.1) is 5.69 Å². The third kappa shape index (κ3) is 1.57. The zero-order chi connectivity index (χ0) is 13.5. The number of nitrogens with zero attached hydrogens (tertiary/aromatic N) is 1. The highest BCUT2D eigenvalue weighted by molar-refractivity contribution is 8.02. The molecular weight excluding hydrogens is 264 g/mol. The van der Waals surface area contributed by atoms with E-state index in [2.05, 4.69) is 10.2 Å². The Hall–Kier alpha value is -2.21. The fraction of sp³-hybridized carbons (Fsp3) is 0.0769. The Balaban J connectivity index is 2.22. The molecule has 19 heavy (non-hydrogen) atoms. The molecule has 2 heterocycles. The van der Waals surface area contributed by atoms with Crippen molar-refractivity contribution in [1.82, 2.24) is 10.2 Å². The van der Waals surface area contributed by atoms with Gasteiger partial charge in [0.15, 0.2) is 11.0 Å². The SMILES string of the molecule is O=CC1(c2ccn[nH]2)Sc2ccccc2C(=O)C1=O. The molecule has 1 atom stereocenters. The summed E-state index contributed by atoms with van der Waals surface area (Å²) in [7, 11) is 0. The van der Waals surface area contributed by atoms with Gasteiger partial charge < -0.3 is 4.79 Å². The number of H-pyrrole nitrogens is 1. The summed E-state index contributed by atoms with van der Waals surface area (Å²) >= 11 is 1.06. The lowest BCUT2D eigenvalue weighted by Gasteiger charge is -2.28. The number of fused-ring (bicyclic) bond motifs is 1. The fourth-order valence-corrected chi connectivity index (χ4v) is 3.26. The van der Waals surface area contributed by atoms with Crippen LogP contribution in [0.5, 0.6) is 0 Å². The summed E-state index contributed by atoms with van der Waals surface area (Å²) in [4.78, 5) is 36.5. The first kappa shape index (κ1) is 11.9. The lowest BCUT2D eigenvalue weighted by Crippen LogP contribution is -2.42. The van der Waals surface area contributed by atoms with Crippen LogP contribution in [0.3, 0.4) is 0 Å². The van der Waals surface area contributed by atoms with Gasteiger partial charge in [0.2, 0.25) is 11.6 Å². The number of carbonyl (C=O) groups excluding carboxylic acids is 3. The van der Waals surface area contributed by atoms with Crippen LogP contribution in [0.1, 0.15) is 16.1 Å². The van der Waals surface area contributed by atoms with E-state index in [1.54, 1.807) is 24.3 Å². The first-order chi connectivity index (χ1) is 9.19. The Morgan fingerprint density at radius 1 is 1.21 bits per heavy atom. The van der Waals surface area contributed by atoms with Crippen LogP contribution < -0.4 is 0 Å². The minimum atomic E-state index is -1.55. The standard InChI is InChI=1S/C13H8N2O3S/c16-7-13(10-5-6-14-15-10)12(18)11(17)8-3-1-2-4-9(8)19-13/h1-7H,(H,14,15). The van der Waals surface area contributed by atoms with Gasteiger partial charge in [-0.2, -0.15) is 5.10 Å². The fourth-order valence-electron chi connectivity index (χ4n) is 2.04. The molecule has 6 heteroatoms. The van der Waals surface area contributed by atoms with Crippen molar-refractivity contribution in [2.24, 2.45) is 0 Å². The van der Waals surface area contributed by atoms with E-state index < -0.39 is 16.3 Å². The molecule has 94 valence electrons. The summed E-state index contributed by atoms with van der Waals surface area (Å²) in [5, 5.41) is 6.35. The van der Waals surface area contributed by atoms with E-state index in [1.165, 1.54) is 12.3 Å². The number of carbonyl (C=O) groups is 3. The topological polar surface area (TPSA) is 79.9 Å². The normalized spacial score (nSPS) is 22.1. The average molecular weight is 272 g/mol. The van der Waals surface area contributed by atoms with Crippen LogP contribution in [-0.2, 0) is 14.3 Å². The van der Waals surface area contributed by atoms with Crippen molar-refractivity contribution in [2.75, 3.05) is 0 Å². The number of hydrogen-bond acceptors (Lipinski definition) is 5. The molecule has 0 aliphatic carbocycles. The Labute approximate surface area is 112 Å². The molecule has 0 radical (unpaired) electrons. The quantitative estimate of drug-likeness (QED) is 0.507. The number of thioether (sulfide) groups is 1. The summed E-state index contributed by atoms with van der Waals surface area (Å²) in [6, 6.07) is 8.29. The number of aldehydes is 1. The van der Waals surface area contributed by atoms with Crippen molar-refractivity contribution in [2.45, 2.75) is 9.64 Å². The van der Waals surface area contributed by atoms with Crippen molar-refractivity contribution in [3.8, 4) is 0 Å². The maximum Gasteiger partial charge on any atom is 0.232 e. The van der Waals surface area contributed by atoms with Gasteiger partial charge in [0.1, 0.15) is 0 Å². The number of rotatable bonds is 2. The molecule has 0 spiro atoms. The second kappa shape index (κ2) is 4.17. The summed E-state index contributed by atoms with van der Waals surface area (Å²) in [5.74, 6) is -1.38. The van der Waals surface area contributed by atoms with Gasteiger partial charge in [0.25, 0.3) is 0 Å². The highest BCUT2D eigenvalue weighted by Gasteiger charge is 2.50. The van der Waals surface area contributed by atoms with E-state index in [4.69, 9.17) is 0 Å². The van der Waals surface area contributed by atoms with Crippen molar-refractivity contribution in [1.29, 1.82) is 0 Å². The molecule has 0 bridgehead atoms. The number of aromatic amines is 1. The maximum absolute atomic E-state index is 12.3. The number of hydrogen-bond donors (Lipinski definition) is 1. The Bertz CT molecular complexity index is 681. The van der Waals surface area contributed by atoms with Crippen LogP contribution in [-0.4, -0.2) is 28.1 Å². The predicted molar refractivity (Wildman–Crippen MR) is 68.0 cm³/mol. The van der Waals surface area contributed by atoms with Gasteiger partial charge >= 0.3 is 0 Å². The van der Waals surface area contributed by atoms with Gasteiger partial charge in [0, 0.05) is 16.7 Å². The third-order valence-electron chi connectivity index (χ3n) is 3.01. The molecule has 1 aromatic carbocycles. The van der Waals surface area contributed by atoms with Gasteiger partial charge in [-0.05, 0) is 18.2 Å². The first-order valence-corrected chi connectivity index (χ1v) is 6.34. The maximum atomic E-state index is 12.3. The molecule has 5 nitrogen and oxygen atoms in total. The molecule has 1 unspecified atom stereocenters. The molecule has 0 amide bonds. The predicted octanol–water partition coefficient (Wildman–Crippen LogP) is 1.36. The Morgan fingerprint density at radius 3 is 2.68 bits per heavy atom. The van der Waals surface area contributed by atoms with Crippen LogP contribution in [0.25, 0.3) is 0 Å². The molecule has 0 saturated heterocycles. The molecular formula is C13H8N2O3S. The van der Waals surface area contributed by atoms with Crippen LogP contribution in [0, 0.1) is 0 Å². The average Bonchev–Trinajstić information content (AvgIpc) is 2.97. The number of benzene rings is 1. The molecule has 2 aromatic rings. The molecule has 0 saturated carbocycles. The molecule has 1 aliphatic rings. The lowest BCUT2D eigenvalue weighted by atomic mass is 9.93. The summed E-state index contributed by atoms with van der Waals surface area (Å²) < 4.78 is -1.55. The van der Waals surface area contributed by atoms with E-state index in [1.807, 2.05) is 0 Å². The monoisotopic (exact) mass is 272 g/mol. The van der Waals surface area contributed by atoms with Gasteiger partial charge in [-0.25, -0.2) is 0 Å². The summed E-state index contributed by atoms with van der Waals surface area (Å²) in [6.07, 6.45) is 1.95. The van der Waals surface area contributed by atoms with Crippen LogP contribution in [0.4, 0.5) is 0 Å². The van der Waals surface area contributed by atoms with Crippen molar-refractivity contribution in [3.63, 3.8) is 0 Å². The number of nitrogens with one attached hydrogen (secondary N) is 1. The van der Waals surface area contributed by atoms with Crippen LogP contribution in [0.15, 0.2) is 41.4 Å². The van der Waals surface area contributed by atoms with E-state index in [0.717, 1.165) is 11.8 Å². The summed E-state index contributed by atoms with van der Waals surface area (Å²) in [5.41, 5.74) is 0.662. The van der Waals surface area contributed by atoms with Crippen LogP contribution in [0.2, 0.25) is 0 Å².